The largest absolute Gasteiger partial charge is 0.247 e. The molecule has 0 saturated carbocycles. The fourth-order valence-electron chi connectivity index (χ4n) is 4.78. The first-order valence-corrected chi connectivity index (χ1v) is 10.4. The third-order valence-electron chi connectivity index (χ3n) is 6.26. The van der Waals surface area contributed by atoms with Crippen LogP contribution in [0.25, 0.3) is 55.5 Å². The Hall–Kier alpha value is -3.71. The highest BCUT2D eigenvalue weighted by Crippen LogP contribution is 2.49. The molecule has 30 heavy (non-hydrogen) atoms. The number of hydrogen-bond acceptors (Lipinski definition) is 1. The molecule has 0 unspecified atom stereocenters. The van der Waals surface area contributed by atoms with Crippen molar-refractivity contribution in [1.82, 2.24) is 4.98 Å². The van der Waals surface area contributed by atoms with Crippen molar-refractivity contribution < 1.29 is 0 Å². The fraction of sp³-hybridized carbons (Fsp3) is 0.0690. The third-order valence-corrected chi connectivity index (χ3v) is 6.26. The fourth-order valence-corrected chi connectivity index (χ4v) is 4.78. The summed E-state index contributed by atoms with van der Waals surface area (Å²) in [7, 11) is 0. The summed E-state index contributed by atoms with van der Waals surface area (Å²) < 4.78 is 0. The van der Waals surface area contributed by atoms with Gasteiger partial charge in [-0.05, 0) is 64.9 Å². The molecule has 142 valence electrons. The minimum absolute atomic E-state index is 1.07. The Morgan fingerprint density at radius 2 is 1.27 bits per heavy atom. The molecule has 0 atom stereocenters. The molecular formula is C29H21N. The van der Waals surface area contributed by atoms with E-state index >= 15 is 0 Å². The summed E-state index contributed by atoms with van der Waals surface area (Å²) in [4.78, 5) is 5.14. The first kappa shape index (κ1) is 17.2. The van der Waals surface area contributed by atoms with Gasteiger partial charge in [0.15, 0.2) is 0 Å². The normalized spacial score (nSPS) is 11.7. The van der Waals surface area contributed by atoms with Gasteiger partial charge in [0.05, 0.1) is 11.2 Å². The van der Waals surface area contributed by atoms with Crippen LogP contribution in [0.1, 0.15) is 11.1 Å². The first-order chi connectivity index (χ1) is 14.7. The van der Waals surface area contributed by atoms with Crippen LogP contribution in [-0.4, -0.2) is 4.98 Å². The van der Waals surface area contributed by atoms with Crippen molar-refractivity contribution >= 4 is 10.9 Å². The highest BCUT2D eigenvalue weighted by Gasteiger charge is 2.25. The number of benzene rings is 4. The van der Waals surface area contributed by atoms with Gasteiger partial charge in [0, 0.05) is 10.9 Å². The van der Waals surface area contributed by atoms with E-state index in [0.29, 0.717) is 0 Å². The predicted octanol–water partition coefficient (Wildman–Crippen LogP) is 7.83. The topological polar surface area (TPSA) is 12.9 Å². The SMILES string of the molecule is Cc1ccc(-c2cccc(-c3nc4cccc5c4c(c3C)-c3ccccc3-5)c2)cc1. The summed E-state index contributed by atoms with van der Waals surface area (Å²) in [6, 6.07) is 32.7. The van der Waals surface area contributed by atoms with Crippen LogP contribution in [0, 0.1) is 13.8 Å². The van der Waals surface area contributed by atoms with Crippen molar-refractivity contribution in [3.63, 3.8) is 0 Å². The summed E-state index contributed by atoms with van der Waals surface area (Å²) >= 11 is 0. The van der Waals surface area contributed by atoms with Gasteiger partial charge in [0.1, 0.15) is 0 Å². The third kappa shape index (κ3) is 2.45. The zero-order valence-electron chi connectivity index (χ0n) is 17.1. The molecule has 0 N–H and O–H groups in total. The molecule has 0 bridgehead atoms. The molecule has 6 rings (SSSR count). The first-order valence-electron chi connectivity index (χ1n) is 10.4. The second-order valence-corrected chi connectivity index (χ2v) is 8.15. The Labute approximate surface area is 176 Å². The number of fused-ring (bicyclic) bond motifs is 3. The number of aromatic nitrogens is 1. The highest BCUT2D eigenvalue weighted by atomic mass is 14.7. The molecule has 1 nitrogen and oxygen atoms in total. The van der Waals surface area contributed by atoms with E-state index in [4.69, 9.17) is 4.98 Å². The molecule has 1 heteroatoms. The van der Waals surface area contributed by atoms with Gasteiger partial charge in [-0.25, -0.2) is 4.98 Å². The van der Waals surface area contributed by atoms with Crippen molar-refractivity contribution in [3.05, 3.63) is 102 Å². The van der Waals surface area contributed by atoms with Crippen molar-refractivity contribution in [2.45, 2.75) is 13.8 Å². The Balaban J connectivity index is 1.60. The van der Waals surface area contributed by atoms with E-state index in [0.717, 1.165) is 11.2 Å². The van der Waals surface area contributed by atoms with Gasteiger partial charge in [0.2, 0.25) is 0 Å². The van der Waals surface area contributed by atoms with Crippen LogP contribution < -0.4 is 0 Å². The summed E-state index contributed by atoms with van der Waals surface area (Å²) in [5.41, 5.74) is 13.6. The summed E-state index contributed by atoms with van der Waals surface area (Å²) in [5, 5.41) is 1.29. The lowest BCUT2D eigenvalue weighted by molar-refractivity contribution is 1.33. The highest BCUT2D eigenvalue weighted by molar-refractivity contribution is 6.16. The quantitative estimate of drug-likeness (QED) is 0.297. The van der Waals surface area contributed by atoms with Gasteiger partial charge in [0.25, 0.3) is 0 Å². The second kappa shape index (κ2) is 6.40. The zero-order valence-corrected chi connectivity index (χ0v) is 17.1. The lowest BCUT2D eigenvalue weighted by atomic mass is 9.94. The van der Waals surface area contributed by atoms with Gasteiger partial charge in [-0.3, -0.25) is 0 Å². The van der Waals surface area contributed by atoms with Crippen LogP contribution >= 0.6 is 0 Å². The van der Waals surface area contributed by atoms with Crippen LogP contribution in [0.5, 0.6) is 0 Å². The Kier molecular flexibility index (Phi) is 3.66. The van der Waals surface area contributed by atoms with Crippen LogP contribution in [0.4, 0.5) is 0 Å². The lowest BCUT2D eigenvalue weighted by Gasteiger charge is -2.13. The molecule has 5 aromatic rings. The molecule has 0 spiro atoms. The molecule has 0 aliphatic heterocycles. The summed E-state index contributed by atoms with van der Waals surface area (Å²) in [6.07, 6.45) is 0. The van der Waals surface area contributed by atoms with Crippen LogP contribution in [0.3, 0.4) is 0 Å². The van der Waals surface area contributed by atoms with Gasteiger partial charge < -0.3 is 0 Å². The van der Waals surface area contributed by atoms with Gasteiger partial charge in [-0.15, -0.1) is 0 Å². The number of pyridine rings is 1. The minimum Gasteiger partial charge on any atom is -0.247 e. The number of aryl methyl sites for hydroxylation is 1. The smallest absolute Gasteiger partial charge is 0.0745 e. The van der Waals surface area contributed by atoms with E-state index in [2.05, 4.69) is 105 Å². The second-order valence-electron chi connectivity index (χ2n) is 8.15. The monoisotopic (exact) mass is 383 g/mol. The number of hydrogen-bond donors (Lipinski definition) is 0. The average Bonchev–Trinajstić information content (AvgIpc) is 3.13. The molecule has 4 aromatic carbocycles. The molecule has 0 fully saturated rings. The molecule has 1 aliphatic carbocycles. The van der Waals surface area contributed by atoms with E-state index in [1.807, 2.05) is 0 Å². The zero-order chi connectivity index (χ0) is 20.2. The Bertz CT molecular complexity index is 1440. The van der Waals surface area contributed by atoms with E-state index in [9.17, 15) is 0 Å². The molecule has 1 aliphatic rings. The van der Waals surface area contributed by atoms with E-state index in [1.165, 1.54) is 55.5 Å². The maximum absolute atomic E-state index is 5.14. The molecule has 1 heterocycles. The van der Waals surface area contributed by atoms with Crippen molar-refractivity contribution in [1.29, 1.82) is 0 Å². The van der Waals surface area contributed by atoms with E-state index in [-0.39, 0.29) is 0 Å². The van der Waals surface area contributed by atoms with Crippen LogP contribution in [0.2, 0.25) is 0 Å². The molecule has 0 saturated heterocycles. The number of nitrogens with zero attached hydrogens (tertiary/aromatic N) is 1. The van der Waals surface area contributed by atoms with Crippen LogP contribution in [-0.2, 0) is 0 Å². The minimum atomic E-state index is 1.07. The van der Waals surface area contributed by atoms with E-state index < -0.39 is 0 Å². The van der Waals surface area contributed by atoms with Gasteiger partial charge in [-0.2, -0.15) is 0 Å². The van der Waals surface area contributed by atoms with Crippen molar-refractivity contribution in [2.75, 3.05) is 0 Å². The standard InChI is InChI=1S/C29H21N/c1-18-13-15-20(16-14-18)21-7-5-8-22(17-21)29-19(2)27-24-10-4-3-9-23(24)25-11-6-12-26(30-29)28(25)27/h3-17H,1-2H3. The predicted molar refractivity (Wildman–Crippen MR) is 127 cm³/mol. The van der Waals surface area contributed by atoms with Crippen molar-refractivity contribution in [3.8, 4) is 44.6 Å². The van der Waals surface area contributed by atoms with Gasteiger partial charge in [-0.1, -0.05) is 84.4 Å². The Morgan fingerprint density at radius 3 is 2.10 bits per heavy atom. The summed E-state index contributed by atoms with van der Waals surface area (Å²) in [6.45, 7) is 4.34. The molecular weight excluding hydrogens is 362 g/mol. The van der Waals surface area contributed by atoms with Crippen LogP contribution in [0.15, 0.2) is 91.0 Å². The average molecular weight is 383 g/mol. The number of rotatable bonds is 2. The van der Waals surface area contributed by atoms with Gasteiger partial charge >= 0.3 is 0 Å². The Morgan fingerprint density at radius 1 is 0.567 bits per heavy atom. The molecule has 1 aromatic heterocycles. The van der Waals surface area contributed by atoms with Crippen molar-refractivity contribution in [2.24, 2.45) is 0 Å². The lowest BCUT2D eigenvalue weighted by Crippen LogP contribution is -1.93. The molecule has 0 radical (unpaired) electrons. The maximum atomic E-state index is 5.14. The molecule has 0 amide bonds. The maximum Gasteiger partial charge on any atom is 0.0745 e. The van der Waals surface area contributed by atoms with E-state index in [1.54, 1.807) is 0 Å². The summed E-state index contributed by atoms with van der Waals surface area (Å²) in [5.74, 6) is 0.